The maximum atomic E-state index is 11.0. The second-order valence-electron chi connectivity index (χ2n) is 4.30. The van der Waals surface area contributed by atoms with Gasteiger partial charge in [0.1, 0.15) is 6.04 Å². The predicted molar refractivity (Wildman–Crippen MR) is 59.0 cm³/mol. The largest absolute Gasteiger partial charge is 0.480 e. The van der Waals surface area contributed by atoms with Crippen molar-refractivity contribution in [2.75, 3.05) is 12.4 Å². The van der Waals surface area contributed by atoms with Gasteiger partial charge in [0.15, 0.2) is 0 Å². The van der Waals surface area contributed by atoms with Gasteiger partial charge in [-0.25, -0.2) is 0 Å². The maximum absolute atomic E-state index is 11.0. The molecule has 3 unspecified atom stereocenters. The normalized spacial score (nSPS) is 41.7. The van der Waals surface area contributed by atoms with Crippen molar-refractivity contribution < 1.29 is 14.6 Å². The summed E-state index contributed by atoms with van der Waals surface area (Å²) in [7, 11) is 0. The molecule has 4 nitrogen and oxygen atoms in total. The van der Waals surface area contributed by atoms with E-state index in [9.17, 15) is 4.79 Å². The van der Waals surface area contributed by atoms with E-state index < -0.39 is 5.97 Å². The van der Waals surface area contributed by atoms with Crippen molar-refractivity contribution in [3.8, 4) is 0 Å². The highest BCUT2D eigenvalue weighted by Crippen LogP contribution is 2.39. The van der Waals surface area contributed by atoms with Gasteiger partial charge < -0.3 is 9.84 Å². The molecule has 0 bridgehead atoms. The molecule has 2 fully saturated rings. The Morgan fingerprint density at radius 2 is 2.47 bits per heavy atom. The number of aliphatic carboxylic acids is 1. The number of carbonyl (C=O) groups is 1. The Kier molecular flexibility index (Phi) is 3.23. The molecule has 0 aliphatic carbocycles. The molecule has 0 aromatic rings. The van der Waals surface area contributed by atoms with E-state index in [1.165, 1.54) is 0 Å². The van der Waals surface area contributed by atoms with Crippen LogP contribution in [0.25, 0.3) is 0 Å². The van der Waals surface area contributed by atoms with Gasteiger partial charge in [-0.2, -0.15) is 0 Å². The number of rotatable bonds is 1. The van der Waals surface area contributed by atoms with Crippen LogP contribution in [0.15, 0.2) is 0 Å². The van der Waals surface area contributed by atoms with Crippen LogP contribution in [-0.2, 0) is 9.53 Å². The Morgan fingerprint density at radius 3 is 3.13 bits per heavy atom. The molecular formula is C10H17NO3S. The Balaban J connectivity index is 2.04. The van der Waals surface area contributed by atoms with Gasteiger partial charge in [-0.15, -0.1) is 11.8 Å². The number of carboxylic acids is 1. The standard InChI is InChI=1S/C10H17NO3S/c1-7-6-10(3-4-14-7)11-8(9(12)13)2-5-15-10/h7-8,11H,2-6H2,1H3,(H,12,13). The fraction of sp³-hybridized carbons (Fsp3) is 0.900. The van der Waals surface area contributed by atoms with Gasteiger partial charge in [-0.3, -0.25) is 10.1 Å². The van der Waals surface area contributed by atoms with Gasteiger partial charge in [0.2, 0.25) is 0 Å². The molecule has 0 radical (unpaired) electrons. The van der Waals surface area contributed by atoms with Crippen LogP contribution in [0.4, 0.5) is 0 Å². The lowest BCUT2D eigenvalue weighted by atomic mass is 10.0. The first-order valence-electron chi connectivity index (χ1n) is 5.37. The number of thioether (sulfide) groups is 1. The second-order valence-corrected chi connectivity index (χ2v) is 5.78. The molecule has 86 valence electrons. The van der Waals surface area contributed by atoms with Crippen molar-refractivity contribution in [3.05, 3.63) is 0 Å². The van der Waals surface area contributed by atoms with Gasteiger partial charge in [-0.05, 0) is 25.5 Å². The van der Waals surface area contributed by atoms with Gasteiger partial charge in [0, 0.05) is 13.0 Å². The molecule has 2 aliphatic heterocycles. The molecule has 2 saturated heterocycles. The molecule has 5 heteroatoms. The highest BCUT2D eigenvalue weighted by atomic mass is 32.2. The molecule has 0 aromatic carbocycles. The first kappa shape index (κ1) is 11.2. The fourth-order valence-corrected chi connectivity index (χ4v) is 3.85. The van der Waals surface area contributed by atoms with Crippen LogP contribution in [0.1, 0.15) is 26.2 Å². The highest BCUT2D eigenvalue weighted by molar-refractivity contribution is 8.00. The van der Waals surface area contributed by atoms with Crippen molar-refractivity contribution in [2.24, 2.45) is 0 Å². The third-order valence-corrected chi connectivity index (χ3v) is 4.53. The van der Waals surface area contributed by atoms with Crippen molar-refractivity contribution in [2.45, 2.75) is 43.2 Å². The SMILES string of the molecule is CC1CC2(CCO1)NC(C(=O)O)CCS2. The lowest BCUT2D eigenvalue weighted by Gasteiger charge is -2.44. The van der Waals surface area contributed by atoms with Crippen LogP contribution >= 0.6 is 11.8 Å². The number of carboxylic acid groups (broad SMARTS) is 1. The van der Waals surface area contributed by atoms with Crippen molar-refractivity contribution in [1.29, 1.82) is 0 Å². The molecule has 0 aromatic heterocycles. The fourth-order valence-electron chi connectivity index (χ4n) is 2.30. The van der Waals surface area contributed by atoms with E-state index in [0.29, 0.717) is 0 Å². The van der Waals surface area contributed by atoms with Gasteiger partial charge in [-0.1, -0.05) is 0 Å². The van der Waals surface area contributed by atoms with Crippen LogP contribution < -0.4 is 5.32 Å². The Bertz CT molecular complexity index is 257. The molecular weight excluding hydrogens is 214 g/mol. The van der Waals surface area contributed by atoms with E-state index in [4.69, 9.17) is 9.84 Å². The Labute approximate surface area is 93.8 Å². The van der Waals surface area contributed by atoms with Gasteiger partial charge >= 0.3 is 5.97 Å². The second kappa shape index (κ2) is 4.31. The molecule has 2 heterocycles. The predicted octanol–water partition coefficient (Wildman–Crippen LogP) is 1.06. The van der Waals surface area contributed by atoms with Crippen LogP contribution in [0.5, 0.6) is 0 Å². The van der Waals surface area contributed by atoms with E-state index in [2.05, 4.69) is 5.32 Å². The summed E-state index contributed by atoms with van der Waals surface area (Å²) in [5.74, 6) is 0.199. The zero-order valence-electron chi connectivity index (χ0n) is 8.86. The average molecular weight is 231 g/mol. The Hall–Kier alpha value is -0.260. The lowest BCUT2D eigenvalue weighted by Crippen LogP contribution is -2.57. The summed E-state index contributed by atoms with van der Waals surface area (Å²) in [6, 6.07) is -0.378. The molecule has 2 N–H and O–H groups in total. The van der Waals surface area contributed by atoms with Crippen LogP contribution in [0.3, 0.4) is 0 Å². The van der Waals surface area contributed by atoms with Crippen molar-refractivity contribution >= 4 is 17.7 Å². The summed E-state index contributed by atoms with van der Waals surface area (Å²) < 4.78 is 5.50. The van der Waals surface area contributed by atoms with Gasteiger partial charge in [0.05, 0.1) is 11.0 Å². The smallest absolute Gasteiger partial charge is 0.320 e. The van der Waals surface area contributed by atoms with E-state index in [1.54, 1.807) is 0 Å². The average Bonchev–Trinajstić information content (AvgIpc) is 2.17. The van der Waals surface area contributed by atoms with Crippen LogP contribution in [0, 0.1) is 0 Å². The number of hydrogen-bond acceptors (Lipinski definition) is 4. The molecule has 2 aliphatic rings. The summed E-state index contributed by atoms with van der Waals surface area (Å²) >= 11 is 1.86. The minimum atomic E-state index is -0.728. The summed E-state index contributed by atoms with van der Waals surface area (Å²) in [4.78, 5) is 10.9. The number of hydrogen-bond donors (Lipinski definition) is 2. The van der Waals surface area contributed by atoms with E-state index in [-0.39, 0.29) is 17.0 Å². The minimum Gasteiger partial charge on any atom is -0.480 e. The first-order chi connectivity index (χ1) is 7.11. The number of nitrogens with one attached hydrogen (secondary N) is 1. The van der Waals surface area contributed by atoms with Crippen molar-refractivity contribution in [3.63, 3.8) is 0 Å². The zero-order valence-corrected chi connectivity index (χ0v) is 9.68. The van der Waals surface area contributed by atoms with Gasteiger partial charge in [0.25, 0.3) is 0 Å². The van der Waals surface area contributed by atoms with E-state index in [1.807, 2.05) is 18.7 Å². The minimum absolute atomic E-state index is 0.0566. The zero-order chi connectivity index (χ0) is 10.9. The third-order valence-electron chi connectivity index (χ3n) is 3.05. The quantitative estimate of drug-likeness (QED) is 0.706. The third kappa shape index (κ3) is 2.46. The summed E-state index contributed by atoms with van der Waals surface area (Å²) in [5, 5.41) is 12.3. The Morgan fingerprint density at radius 1 is 1.67 bits per heavy atom. The molecule has 2 rings (SSSR count). The summed E-state index contributed by atoms with van der Waals surface area (Å²) in [6.45, 7) is 2.78. The van der Waals surface area contributed by atoms with E-state index in [0.717, 1.165) is 31.6 Å². The summed E-state index contributed by atoms with van der Waals surface area (Å²) in [5.41, 5.74) is 0. The molecule has 1 spiro atoms. The molecule has 15 heavy (non-hydrogen) atoms. The van der Waals surface area contributed by atoms with Crippen LogP contribution in [-0.4, -0.2) is 40.5 Å². The monoisotopic (exact) mass is 231 g/mol. The van der Waals surface area contributed by atoms with Crippen molar-refractivity contribution in [1.82, 2.24) is 5.32 Å². The lowest BCUT2D eigenvalue weighted by molar-refractivity contribution is -0.140. The first-order valence-corrected chi connectivity index (χ1v) is 6.36. The highest BCUT2D eigenvalue weighted by Gasteiger charge is 2.41. The van der Waals surface area contributed by atoms with E-state index >= 15 is 0 Å². The number of ether oxygens (including phenoxy) is 1. The van der Waals surface area contributed by atoms with Crippen LogP contribution in [0.2, 0.25) is 0 Å². The molecule has 0 saturated carbocycles. The molecule has 3 atom stereocenters. The molecule has 0 amide bonds. The maximum Gasteiger partial charge on any atom is 0.320 e. The topological polar surface area (TPSA) is 58.6 Å². The summed E-state index contributed by atoms with van der Waals surface area (Å²) in [6.07, 6.45) is 2.76.